The van der Waals surface area contributed by atoms with E-state index >= 15 is 0 Å². The molecule has 0 aromatic rings. The third kappa shape index (κ3) is 4.91. The van der Waals surface area contributed by atoms with Gasteiger partial charge in [0.05, 0.1) is 6.04 Å². The zero-order valence-corrected chi connectivity index (χ0v) is 14.4. The number of nitrogens with one attached hydrogen (secondary N) is 3. The molecule has 0 aromatic heterocycles. The molecule has 0 unspecified atom stereocenters. The van der Waals surface area contributed by atoms with Gasteiger partial charge < -0.3 is 26.0 Å². The predicted octanol–water partition coefficient (Wildman–Crippen LogP) is -1.17. The van der Waals surface area contributed by atoms with Gasteiger partial charge in [0.25, 0.3) is 0 Å². The van der Waals surface area contributed by atoms with Crippen LogP contribution in [-0.4, -0.2) is 72.0 Å². The Morgan fingerprint density at radius 2 is 2.00 bits per heavy atom. The zero-order valence-electron chi connectivity index (χ0n) is 14.4. The number of carbonyl (C=O) groups is 4. The number of hydrogen-bond donors (Lipinski definition) is 4. The molecule has 0 bridgehead atoms. The second-order valence-electron chi connectivity index (χ2n) is 6.45. The van der Waals surface area contributed by atoms with Gasteiger partial charge in [-0.3, -0.25) is 19.2 Å². The fraction of sp³-hybridized carbons (Fsp3) is 0.750. The van der Waals surface area contributed by atoms with Crippen molar-refractivity contribution < 1.29 is 24.3 Å². The lowest BCUT2D eigenvalue weighted by Gasteiger charge is -2.28. The van der Waals surface area contributed by atoms with E-state index in [1.165, 1.54) is 7.05 Å². The summed E-state index contributed by atoms with van der Waals surface area (Å²) in [5.41, 5.74) is 0. The second kappa shape index (κ2) is 8.80. The number of rotatable bonds is 7. The van der Waals surface area contributed by atoms with E-state index in [0.29, 0.717) is 13.0 Å². The summed E-state index contributed by atoms with van der Waals surface area (Å²) in [7, 11) is 1.43. The van der Waals surface area contributed by atoms with Crippen LogP contribution in [0.3, 0.4) is 0 Å². The van der Waals surface area contributed by atoms with Gasteiger partial charge in [0, 0.05) is 20.0 Å². The normalized spacial score (nSPS) is 24.0. The number of aliphatic carboxylic acids is 1. The molecule has 9 heteroatoms. The summed E-state index contributed by atoms with van der Waals surface area (Å²) >= 11 is 0. The Morgan fingerprint density at radius 1 is 1.24 bits per heavy atom. The van der Waals surface area contributed by atoms with Gasteiger partial charge in [0.2, 0.25) is 17.7 Å². The maximum absolute atomic E-state index is 12.6. The van der Waals surface area contributed by atoms with Gasteiger partial charge in [-0.25, -0.2) is 0 Å². The molecule has 2 aliphatic rings. The van der Waals surface area contributed by atoms with Crippen LogP contribution in [0.5, 0.6) is 0 Å². The molecule has 2 rings (SSSR count). The first-order valence-electron chi connectivity index (χ1n) is 8.71. The van der Waals surface area contributed by atoms with Crippen molar-refractivity contribution >= 4 is 23.7 Å². The van der Waals surface area contributed by atoms with Crippen LogP contribution in [-0.2, 0) is 19.2 Å². The highest BCUT2D eigenvalue weighted by Gasteiger charge is 2.38. The van der Waals surface area contributed by atoms with Gasteiger partial charge >= 0.3 is 5.97 Å². The number of likely N-dealkylation sites (tertiary alicyclic amines) is 1. The fourth-order valence-corrected chi connectivity index (χ4v) is 3.38. The van der Waals surface area contributed by atoms with E-state index in [9.17, 15) is 19.2 Å². The third-order valence-electron chi connectivity index (χ3n) is 4.72. The summed E-state index contributed by atoms with van der Waals surface area (Å²) in [4.78, 5) is 49.4. The molecule has 4 N–H and O–H groups in total. The van der Waals surface area contributed by atoms with Crippen molar-refractivity contribution in [3.63, 3.8) is 0 Å². The van der Waals surface area contributed by atoms with Crippen LogP contribution in [0.1, 0.15) is 38.5 Å². The minimum Gasteiger partial charge on any atom is -0.481 e. The number of likely N-dealkylation sites (N-methyl/N-ethyl adjacent to an activating group) is 1. The van der Waals surface area contributed by atoms with E-state index in [-0.39, 0.29) is 24.8 Å². The minimum absolute atomic E-state index is 0.00555. The topological polar surface area (TPSA) is 128 Å². The summed E-state index contributed by atoms with van der Waals surface area (Å²) < 4.78 is 0. The molecule has 3 atom stereocenters. The van der Waals surface area contributed by atoms with Crippen LogP contribution in [0.15, 0.2) is 0 Å². The standard InChI is InChI=1S/C16H26N4O5/c1-17-14(23)10(6-7-13(21)22)19-15(24)12-5-3-9-20(12)16(25)11-4-2-8-18-11/h10-12,18H,2-9H2,1H3,(H,17,23)(H,19,24)(H,21,22)/t10-,11+,12-/m0/s1. The van der Waals surface area contributed by atoms with Gasteiger partial charge in [-0.2, -0.15) is 0 Å². The first kappa shape index (κ1) is 19.2. The molecule has 140 valence electrons. The number of nitrogens with zero attached hydrogens (tertiary/aromatic N) is 1. The van der Waals surface area contributed by atoms with Gasteiger partial charge in [0.1, 0.15) is 12.1 Å². The first-order valence-corrected chi connectivity index (χ1v) is 8.71. The minimum atomic E-state index is -1.03. The smallest absolute Gasteiger partial charge is 0.303 e. The molecule has 0 spiro atoms. The van der Waals surface area contributed by atoms with Crippen LogP contribution in [0, 0.1) is 0 Å². The second-order valence-corrected chi connectivity index (χ2v) is 6.45. The van der Waals surface area contributed by atoms with Crippen molar-refractivity contribution in [1.82, 2.24) is 20.9 Å². The molecule has 0 radical (unpaired) electrons. The summed E-state index contributed by atoms with van der Waals surface area (Å²) in [6, 6.07) is -1.77. The average molecular weight is 354 g/mol. The Labute approximate surface area is 146 Å². The van der Waals surface area contributed by atoms with Crippen molar-refractivity contribution in [2.45, 2.75) is 56.7 Å². The molecule has 2 fully saturated rings. The molecule has 0 aliphatic carbocycles. The van der Waals surface area contributed by atoms with Crippen molar-refractivity contribution in [2.75, 3.05) is 20.1 Å². The monoisotopic (exact) mass is 354 g/mol. The highest BCUT2D eigenvalue weighted by atomic mass is 16.4. The van der Waals surface area contributed by atoms with Crippen LogP contribution in [0.2, 0.25) is 0 Å². The lowest BCUT2D eigenvalue weighted by atomic mass is 10.1. The van der Waals surface area contributed by atoms with E-state index in [1.807, 2.05) is 0 Å². The molecule has 0 aromatic carbocycles. The molecule has 2 saturated heterocycles. The maximum atomic E-state index is 12.6. The number of hydrogen-bond acceptors (Lipinski definition) is 5. The Morgan fingerprint density at radius 3 is 2.60 bits per heavy atom. The quantitative estimate of drug-likeness (QED) is 0.456. The average Bonchev–Trinajstić information content (AvgIpc) is 3.28. The Hall–Kier alpha value is -2.16. The molecule has 2 aliphatic heterocycles. The van der Waals surface area contributed by atoms with Crippen LogP contribution >= 0.6 is 0 Å². The predicted molar refractivity (Wildman–Crippen MR) is 88.6 cm³/mol. The lowest BCUT2D eigenvalue weighted by molar-refractivity contribution is -0.141. The maximum Gasteiger partial charge on any atom is 0.303 e. The van der Waals surface area contributed by atoms with Gasteiger partial charge in [0.15, 0.2) is 0 Å². The van der Waals surface area contributed by atoms with Gasteiger partial charge in [-0.05, 0) is 38.6 Å². The van der Waals surface area contributed by atoms with Crippen molar-refractivity contribution in [1.29, 1.82) is 0 Å². The Bertz CT molecular complexity index is 533. The molecule has 0 saturated carbocycles. The van der Waals surface area contributed by atoms with Crippen molar-refractivity contribution in [2.24, 2.45) is 0 Å². The van der Waals surface area contributed by atoms with Crippen LogP contribution < -0.4 is 16.0 Å². The zero-order chi connectivity index (χ0) is 18.4. The Balaban J connectivity index is 1.99. The van der Waals surface area contributed by atoms with Gasteiger partial charge in [-0.15, -0.1) is 0 Å². The summed E-state index contributed by atoms with van der Waals surface area (Å²) in [6.07, 6.45) is 2.77. The van der Waals surface area contributed by atoms with E-state index in [2.05, 4.69) is 16.0 Å². The Kier molecular flexibility index (Phi) is 6.74. The molecule has 25 heavy (non-hydrogen) atoms. The number of carboxylic acids is 1. The summed E-state index contributed by atoms with van der Waals surface area (Å²) in [6.45, 7) is 1.32. The van der Waals surface area contributed by atoms with E-state index in [4.69, 9.17) is 5.11 Å². The molecule has 2 heterocycles. The number of carbonyl (C=O) groups excluding carboxylic acids is 3. The van der Waals surface area contributed by atoms with E-state index in [0.717, 1.165) is 25.8 Å². The van der Waals surface area contributed by atoms with Crippen LogP contribution in [0.4, 0.5) is 0 Å². The van der Waals surface area contributed by atoms with Crippen LogP contribution in [0.25, 0.3) is 0 Å². The molecule has 3 amide bonds. The lowest BCUT2D eigenvalue weighted by Crippen LogP contribution is -2.55. The summed E-state index contributed by atoms with van der Waals surface area (Å²) in [5.74, 6) is -1.95. The third-order valence-corrected chi connectivity index (χ3v) is 4.72. The highest BCUT2D eigenvalue weighted by molar-refractivity contribution is 5.93. The van der Waals surface area contributed by atoms with Crippen molar-refractivity contribution in [3.8, 4) is 0 Å². The van der Waals surface area contributed by atoms with Gasteiger partial charge in [-0.1, -0.05) is 0 Å². The molecular weight excluding hydrogens is 328 g/mol. The molecule has 9 nitrogen and oxygen atoms in total. The largest absolute Gasteiger partial charge is 0.481 e. The van der Waals surface area contributed by atoms with Crippen molar-refractivity contribution in [3.05, 3.63) is 0 Å². The SMILES string of the molecule is CNC(=O)[C@H](CCC(=O)O)NC(=O)[C@@H]1CCCN1C(=O)[C@H]1CCCN1. The first-order chi connectivity index (χ1) is 11.9. The molecular formula is C16H26N4O5. The summed E-state index contributed by atoms with van der Waals surface area (Å²) in [5, 5.41) is 17.0. The van der Waals surface area contributed by atoms with E-state index < -0.39 is 29.9 Å². The number of carboxylic acid groups (broad SMARTS) is 1. The number of amides is 3. The highest BCUT2D eigenvalue weighted by Crippen LogP contribution is 2.21. The fourth-order valence-electron chi connectivity index (χ4n) is 3.38. The van der Waals surface area contributed by atoms with E-state index in [1.54, 1.807) is 4.90 Å².